The molecule has 2 aliphatic heterocycles. The number of ketones is 1. The zero-order chi connectivity index (χ0) is 11.1. The highest BCUT2D eigenvalue weighted by atomic mass is 16.1. The van der Waals surface area contributed by atoms with Crippen LogP contribution in [0.1, 0.15) is 24.0 Å². The summed E-state index contributed by atoms with van der Waals surface area (Å²) in [6.45, 7) is 2.13. The molecule has 0 amide bonds. The van der Waals surface area contributed by atoms with Crippen LogP contribution in [-0.2, 0) is 11.2 Å². The molecular formula is C14H15NO. The minimum Gasteiger partial charge on any atom is -0.344 e. The van der Waals surface area contributed by atoms with Gasteiger partial charge in [-0.15, -0.1) is 0 Å². The molecule has 16 heavy (non-hydrogen) atoms. The molecule has 0 unspecified atom stereocenters. The van der Waals surface area contributed by atoms with Crippen molar-refractivity contribution in [3.05, 3.63) is 41.6 Å². The zero-order valence-electron chi connectivity index (χ0n) is 9.44. The normalized spacial score (nSPS) is 22.9. The van der Waals surface area contributed by atoms with Crippen LogP contribution < -0.4 is 4.90 Å². The zero-order valence-corrected chi connectivity index (χ0v) is 9.44. The van der Waals surface area contributed by atoms with Crippen molar-refractivity contribution in [2.75, 3.05) is 4.90 Å². The van der Waals surface area contributed by atoms with E-state index >= 15 is 0 Å². The van der Waals surface area contributed by atoms with Gasteiger partial charge < -0.3 is 4.90 Å². The molecule has 1 aromatic carbocycles. The largest absolute Gasteiger partial charge is 0.344 e. The Kier molecular flexibility index (Phi) is 2.10. The molecule has 1 atom stereocenters. The van der Waals surface area contributed by atoms with E-state index in [0.29, 0.717) is 12.5 Å². The van der Waals surface area contributed by atoms with Gasteiger partial charge in [-0.05, 0) is 37.5 Å². The van der Waals surface area contributed by atoms with Crippen molar-refractivity contribution in [2.24, 2.45) is 0 Å². The number of carbonyl (C=O) groups is 1. The van der Waals surface area contributed by atoms with Crippen LogP contribution in [0.25, 0.3) is 0 Å². The first kappa shape index (κ1) is 9.64. The average Bonchev–Trinajstić information content (AvgIpc) is 2.28. The molecule has 0 saturated heterocycles. The molecule has 2 nitrogen and oxygen atoms in total. The van der Waals surface area contributed by atoms with Crippen LogP contribution >= 0.6 is 0 Å². The first-order chi connectivity index (χ1) is 7.74. The van der Waals surface area contributed by atoms with Crippen LogP contribution in [0, 0.1) is 6.92 Å². The van der Waals surface area contributed by atoms with Crippen molar-refractivity contribution < 1.29 is 4.79 Å². The number of hydrogen-bond donors (Lipinski definition) is 0. The predicted octanol–water partition coefficient (Wildman–Crippen LogP) is 2.60. The van der Waals surface area contributed by atoms with E-state index in [9.17, 15) is 4.79 Å². The maximum atomic E-state index is 11.4. The first-order valence-electron chi connectivity index (χ1n) is 5.83. The molecule has 0 aromatic heterocycles. The first-order valence-corrected chi connectivity index (χ1v) is 5.83. The number of anilines is 1. The van der Waals surface area contributed by atoms with Gasteiger partial charge in [0.1, 0.15) is 0 Å². The smallest absolute Gasteiger partial charge is 0.159 e. The number of rotatable bonds is 0. The number of nitrogens with zero attached hydrogens (tertiary/aromatic N) is 1. The van der Waals surface area contributed by atoms with Gasteiger partial charge in [-0.2, -0.15) is 0 Å². The summed E-state index contributed by atoms with van der Waals surface area (Å²) in [6, 6.07) is 6.96. The summed E-state index contributed by atoms with van der Waals surface area (Å²) in [6.07, 6.45) is 6.50. The van der Waals surface area contributed by atoms with Crippen LogP contribution in [0.5, 0.6) is 0 Å². The Hall–Kier alpha value is -1.57. The molecule has 3 rings (SSSR count). The lowest BCUT2D eigenvalue weighted by atomic mass is 9.90. The minimum atomic E-state index is 0.261. The van der Waals surface area contributed by atoms with E-state index < -0.39 is 0 Å². The Bertz CT molecular complexity index is 476. The summed E-state index contributed by atoms with van der Waals surface area (Å²) in [4.78, 5) is 13.6. The summed E-state index contributed by atoms with van der Waals surface area (Å²) in [5.74, 6) is 0.261. The van der Waals surface area contributed by atoms with Crippen molar-refractivity contribution in [3.63, 3.8) is 0 Å². The molecule has 0 saturated carbocycles. The Balaban J connectivity index is 2.06. The Morgan fingerprint density at radius 2 is 2.25 bits per heavy atom. The molecule has 0 aliphatic carbocycles. The van der Waals surface area contributed by atoms with Gasteiger partial charge in [-0.3, -0.25) is 4.79 Å². The Morgan fingerprint density at radius 1 is 1.38 bits per heavy atom. The van der Waals surface area contributed by atoms with Crippen molar-refractivity contribution in [1.29, 1.82) is 0 Å². The maximum absolute atomic E-state index is 11.4. The lowest BCUT2D eigenvalue weighted by Crippen LogP contribution is -2.39. The fraction of sp³-hybridized carbons (Fsp3) is 0.357. The molecule has 2 heteroatoms. The summed E-state index contributed by atoms with van der Waals surface area (Å²) in [5.41, 5.74) is 4.01. The topological polar surface area (TPSA) is 20.3 Å². The molecule has 1 aromatic rings. The number of benzene rings is 1. The van der Waals surface area contributed by atoms with Gasteiger partial charge >= 0.3 is 0 Å². The van der Waals surface area contributed by atoms with E-state index in [0.717, 1.165) is 12.8 Å². The van der Waals surface area contributed by atoms with Crippen molar-refractivity contribution in [1.82, 2.24) is 0 Å². The van der Waals surface area contributed by atoms with E-state index in [4.69, 9.17) is 0 Å². The summed E-state index contributed by atoms with van der Waals surface area (Å²) < 4.78 is 0. The standard InChI is InChI=1S/C14H15NO/c1-10-2-5-14-11(8-10)3-4-12-9-13(16)6-7-15(12)14/h2,5-8,12H,3-4,9H2,1H3/t12-/m0/s1. The van der Waals surface area contributed by atoms with Crippen LogP contribution in [0.4, 0.5) is 5.69 Å². The third kappa shape index (κ3) is 1.45. The lowest BCUT2D eigenvalue weighted by molar-refractivity contribution is -0.115. The molecule has 0 bridgehead atoms. The van der Waals surface area contributed by atoms with E-state index in [1.165, 1.54) is 16.8 Å². The Morgan fingerprint density at radius 3 is 3.12 bits per heavy atom. The summed E-state index contributed by atoms with van der Waals surface area (Å²) in [7, 11) is 0. The van der Waals surface area contributed by atoms with E-state index in [2.05, 4.69) is 30.0 Å². The highest BCUT2D eigenvalue weighted by Crippen LogP contribution is 2.34. The molecule has 82 valence electrons. The van der Waals surface area contributed by atoms with Crippen molar-refractivity contribution >= 4 is 11.5 Å². The number of fused-ring (bicyclic) bond motifs is 3. The lowest BCUT2D eigenvalue weighted by Gasteiger charge is -2.38. The fourth-order valence-electron chi connectivity index (χ4n) is 2.69. The van der Waals surface area contributed by atoms with Gasteiger partial charge in [-0.25, -0.2) is 0 Å². The second kappa shape index (κ2) is 3.48. The maximum Gasteiger partial charge on any atom is 0.159 e. The SMILES string of the molecule is Cc1ccc2c(c1)CC[C@H]1CC(=O)C=CN21. The predicted molar refractivity (Wildman–Crippen MR) is 64.5 cm³/mol. The molecule has 0 N–H and O–H groups in total. The third-order valence-corrected chi connectivity index (χ3v) is 3.51. The number of aryl methyl sites for hydroxylation is 2. The van der Waals surface area contributed by atoms with Gasteiger partial charge in [0.25, 0.3) is 0 Å². The second-order valence-corrected chi connectivity index (χ2v) is 4.72. The van der Waals surface area contributed by atoms with E-state index in [1.54, 1.807) is 6.08 Å². The van der Waals surface area contributed by atoms with Crippen LogP contribution in [0.3, 0.4) is 0 Å². The molecule has 0 fully saturated rings. The monoisotopic (exact) mass is 213 g/mol. The quantitative estimate of drug-likeness (QED) is 0.660. The fourth-order valence-corrected chi connectivity index (χ4v) is 2.69. The number of allylic oxidation sites excluding steroid dienone is 1. The van der Waals surface area contributed by atoms with Gasteiger partial charge in [0.2, 0.25) is 0 Å². The molecule has 2 heterocycles. The van der Waals surface area contributed by atoms with Gasteiger partial charge in [0.05, 0.1) is 0 Å². The van der Waals surface area contributed by atoms with Crippen LogP contribution in [0.15, 0.2) is 30.5 Å². The molecule has 2 aliphatic rings. The minimum absolute atomic E-state index is 0.261. The van der Waals surface area contributed by atoms with Crippen LogP contribution in [0.2, 0.25) is 0 Å². The van der Waals surface area contributed by atoms with Crippen molar-refractivity contribution in [2.45, 2.75) is 32.2 Å². The third-order valence-electron chi connectivity index (χ3n) is 3.51. The molecule has 0 spiro atoms. The highest BCUT2D eigenvalue weighted by molar-refractivity contribution is 5.92. The van der Waals surface area contributed by atoms with Gasteiger partial charge in [0, 0.05) is 24.4 Å². The Labute approximate surface area is 95.6 Å². The highest BCUT2D eigenvalue weighted by Gasteiger charge is 2.28. The van der Waals surface area contributed by atoms with Crippen LogP contribution in [-0.4, -0.2) is 11.8 Å². The average molecular weight is 213 g/mol. The summed E-state index contributed by atoms with van der Waals surface area (Å²) in [5, 5.41) is 0. The van der Waals surface area contributed by atoms with Gasteiger partial charge in [0.15, 0.2) is 5.78 Å². The second-order valence-electron chi connectivity index (χ2n) is 4.72. The van der Waals surface area contributed by atoms with Crippen molar-refractivity contribution in [3.8, 4) is 0 Å². The van der Waals surface area contributed by atoms with Gasteiger partial charge in [-0.1, -0.05) is 17.7 Å². The summed E-state index contributed by atoms with van der Waals surface area (Å²) >= 11 is 0. The van der Waals surface area contributed by atoms with E-state index in [-0.39, 0.29) is 5.78 Å². The number of carbonyl (C=O) groups excluding carboxylic acids is 1. The molecular weight excluding hydrogens is 198 g/mol. The van der Waals surface area contributed by atoms with E-state index in [1.807, 2.05) is 6.20 Å². The number of hydrogen-bond acceptors (Lipinski definition) is 2. The molecule has 0 radical (unpaired) electrons.